The van der Waals surface area contributed by atoms with Crippen molar-refractivity contribution in [1.82, 2.24) is 5.32 Å². The maximum absolute atomic E-state index is 12.8. The van der Waals surface area contributed by atoms with Gasteiger partial charge in [0, 0.05) is 13.1 Å². The summed E-state index contributed by atoms with van der Waals surface area (Å²) in [5.74, 6) is -0.357. The lowest BCUT2D eigenvalue weighted by molar-refractivity contribution is -0.137. The number of rotatable bonds is 12. The van der Waals surface area contributed by atoms with Crippen LogP contribution in [-0.2, 0) is 41.6 Å². The number of carbonyl (C=O) groups excluding carboxylic acids is 1. The Hall–Kier alpha value is -3.94. The lowest BCUT2D eigenvalue weighted by atomic mass is 10.0. The largest absolute Gasteiger partial charge is 0.465 e. The predicted octanol–water partition coefficient (Wildman–Crippen LogP) is 7.32. The van der Waals surface area contributed by atoms with Gasteiger partial charge in [0.2, 0.25) is 0 Å². The van der Waals surface area contributed by atoms with Gasteiger partial charge in [-0.05, 0) is 64.9 Å². The lowest BCUT2D eigenvalue weighted by Gasteiger charge is -2.19. The van der Waals surface area contributed by atoms with Gasteiger partial charge < -0.3 is 14.8 Å². The van der Waals surface area contributed by atoms with Gasteiger partial charge in [-0.3, -0.25) is 0 Å². The van der Waals surface area contributed by atoms with Crippen molar-refractivity contribution in [3.63, 3.8) is 0 Å². The van der Waals surface area contributed by atoms with Gasteiger partial charge >= 0.3 is 12.1 Å². The van der Waals surface area contributed by atoms with E-state index in [2.05, 4.69) is 5.32 Å². The third-order valence-electron chi connectivity index (χ3n) is 6.66. The average molecular weight is 548 g/mol. The van der Waals surface area contributed by atoms with Crippen molar-refractivity contribution in [3.8, 4) is 0 Å². The summed E-state index contributed by atoms with van der Waals surface area (Å²) in [4.78, 5) is 11.6. The number of alkyl halides is 3. The Bertz CT molecular complexity index is 1340. The Morgan fingerprint density at radius 1 is 0.750 bits per heavy atom. The quantitative estimate of drug-likeness (QED) is 0.189. The third-order valence-corrected chi connectivity index (χ3v) is 6.66. The van der Waals surface area contributed by atoms with E-state index in [9.17, 15) is 18.0 Å². The summed E-state index contributed by atoms with van der Waals surface area (Å²) >= 11 is 0. The fourth-order valence-electron chi connectivity index (χ4n) is 4.31. The molecule has 40 heavy (non-hydrogen) atoms. The van der Waals surface area contributed by atoms with Crippen LogP contribution in [0, 0.1) is 0 Å². The van der Waals surface area contributed by atoms with Crippen molar-refractivity contribution in [3.05, 3.63) is 142 Å². The number of hydrogen-bond donors (Lipinski definition) is 1. The van der Waals surface area contributed by atoms with Crippen LogP contribution in [0.4, 0.5) is 13.2 Å². The molecule has 0 saturated heterocycles. The van der Waals surface area contributed by atoms with Crippen molar-refractivity contribution in [1.29, 1.82) is 0 Å². The van der Waals surface area contributed by atoms with Crippen LogP contribution in [0.3, 0.4) is 0 Å². The lowest BCUT2D eigenvalue weighted by Crippen LogP contribution is -2.23. The van der Waals surface area contributed by atoms with Crippen molar-refractivity contribution < 1.29 is 27.4 Å². The zero-order chi connectivity index (χ0) is 28.4. The summed E-state index contributed by atoms with van der Waals surface area (Å²) in [5.41, 5.74) is 5.04. The molecule has 1 N–H and O–H groups in total. The van der Waals surface area contributed by atoms with E-state index < -0.39 is 11.7 Å². The van der Waals surface area contributed by atoms with E-state index in [1.54, 1.807) is 24.3 Å². The van der Waals surface area contributed by atoms with Crippen LogP contribution in [0.5, 0.6) is 0 Å². The second-order valence-electron chi connectivity index (χ2n) is 9.54. The number of carbonyl (C=O) groups is 1. The molecule has 1 atom stereocenters. The molecule has 0 aliphatic carbocycles. The van der Waals surface area contributed by atoms with Crippen molar-refractivity contribution in [2.45, 2.75) is 38.3 Å². The minimum absolute atomic E-state index is 0.158. The summed E-state index contributed by atoms with van der Waals surface area (Å²) in [6.45, 7) is 1.67. The average Bonchev–Trinajstić information content (AvgIpc) is 2.98. The molecule has 0 amide bonds. The number of halogens is 3. The normalized spacial score (nSPS) is 12.2. The summed E-state index contributed by atoms with van der Waals surface area (Å²) in [7, 11) is 1.36. The van der Waals surface area contributed by atoms with Crippen LogP contribution in [0.1, 0.15) is 49.8 Å². The van der Waals surface area contributed by atoms with Gasteiger partial charge in [0.25, 0.3) is 0 Å². The SMILES string of the molecule is COC(=O)c1ccc(CNCC(OCc2ccc(CCc3ccc(C(F)(F)F)cc3)cc2)c2ccccc2)cc1. The predicted molar refractivity (Wildman–Crippen MR) is 149 cm³/mol. The van der Waals surface area contributed by atoms with E-state index in [-0.39, 0.29) is 12.1 Å². The monoisotopic (exact) mass is 547 g/mol. The smallest absolute Gasteiger partial charge is 0.416 e. The summed E-state index contributed by atoms with van der Waals surface area (Å²) in [6.07, 6.45) is -3.06. The summed E-state index contributed by atoms with van der Waals surface area (Å²) in [5, 5.41) is 3.45. The van der Waals surface area contributed by atoms with Gasteiger partial charge in [-0.15, -0.1) is 0 Å². The first kappa shape index (κ1) is 29.1. The molecule has 0 saturated carbocycles. The Labute approximate surface area is 232 Å². The van der Waals surface area contributed by atoms with Gasteiger partial charge in [-0.25, -0.2) is 4.79 Å². The highest BCUT2D eigenvalue weighted by Crippen LogP contribution is 2.29. The first-order valence-corrected chi connectivity index (χ1v) is 13.1. The van der Waals surface area contributed by atoms with E-state index in [1.807, 2.05) is 66.7 Å². The van der Waals surface area contributed by atoms with Crippen LogP contribution < -0.4 is 5.32 Å². The first-order valence-electron chi connectivity index (χ1n) is 13.1. The van der Waals surface area contributed by atoms with Gasteiger partial charge in [0.1, 0.15) is 0 Å². The molecule has 0 bridgehead atoms. The molecule has 0 fully saturated rings. The molecule has 4 nitrogen and oxygen atoms in total. The Balaban J connectivity index is 1.29. The van der Waals surface area contributed by atoms with Crippen LogP contribution in [0.2, 0.25) is 0 Å². The number of methoxy groups -OCH3 is 1. The molecule has 0 aliphatic rings. The van der Waals surface area contributed by atoms with Crippen LogP contribution >= 0.6 is 0 Å². The van der Waals surface area contributed by atoms with Crippen molar-refractivity contribution in [2.75, 3.05) is 13.7 Å². The first-order chi connectivity index (χ1) is 19.3. The van der Waals surface area contributed by atoms with Crippen molar-refractivity contribution in [2.24, 2.45) is 0 Å². The number of ether oxygens (including phenoxy) is 2. The summed E-state index contributed by atoms with van der Waals surface area (Å²) in [6, 6.07) is 30.8. The van der Waals surface area contributed by atoms with E-state index in [4.69, 9.17) is 9.47 Å². The Morgan fingerprint density at radius 3 is 1.88 bits per heavy atom. The zero-order valence-corrected chi connectivity index (χ0v) is 22.3. The topological polar surface area (TPSA) is 47.6 Å². The second kappa shape index (κ2) is 13.9. The number of aryl methyl sites for hydroxylation is 2. The van der Waals surface area contributed by atoms with Gasteiger partial charge in [-0.2, -0.15) is 13.2 Å². The molecule has 1 unspecified atom stereocenters. The van der Waals surface area contributed by atoms with Crippen LogP contribution in [0.25, 0.3) is 0 Å². The number of nitrogens with one attached hydrogen (secondary N) is 1. The molecule has 0 radical (unpaired) electrons. The molecule has 0 spiro atoms. The van der Waals surface area contributed by atoms with Crippen LogP contribution in [-0.4, -0.2) is 19.6 Å². The standard InChI is InChI=1S/C33H32F3NO3/c1-39-32(38)29-17-13-26(14-18-29)21-37-22-31(28-5-3-2-4-6-28)40-23-27-11-9-24(10-12-27)7-8-25-15-19-30(20-16-25)33(34,35)36/h2-6,9-20,31,37H,7-8,21-23H2,1H3. The summed E-state index contributed by atoms with van der Waals surface area (Å²) < 4.78 is 49.4. The zero-order valence-electron chi connectivity index (χ0n) is 22.3. The molecule has 0 heterocycles. The van der Waals surface area contributed by atoms with E-state index >= 15 is 0 Å². The van der Waals surface area contributed by atoms with Gasteiger partial charge in [0.15, 0.2) is 0 Å². The highest BCUT2D eigenvalue weighted by Gasteiger charge is 2.29. The molecule has 4 rings (SSSR count). The van der Waals surface area contributed by atoms with E-state index in [1.165, 1.54) is 7.11 Å². The van der Waals surface area contributed by atoms with Gasteiger partial charge in [0.05, 0.1) is 30.9 Å². The third kappa shape index (κ3) is 8.53. The molecule has 208 valence electrons. The maximum atomic E-state index is 12.8. The molecule has 4 aromatic carbocycles. The number of benzene rings is 4. The van der Waals surface area contributed by atoms with E-state index in [0.29, 0.717) is 31.7 Å². The highest BCUT2D eigenvalue weighted by molar-refractivity contribution is 5.89. The molecule has 0 aromatic heterocycles. The Kier molecular flexibility index (Phi) is 10.1. The number of esters is 1. The minimum atomic E-state index is -4.31. The number of hydrogen-bond acceptors (Lipinski definition) is 4. The fourth-order valence-corrected chi connectivity index (χ4v) is 4.31. The molecule has 4 aromatic rings. The second-order valence-corrected chi connectivity index (χ2v) is 9.54. The van der Waals surface area contributed by atoms with E-state index in [0.717, 1.165) is 46.4 Å². The fraction of sp³-hybridized carbons (Fsp3) is 0.242. The molecule has 7 heteroatoms. The minimum Gasteiger partial charge on any atom is -0.465 e. The molecule has 0 aliphatic heterocycles. The van der Waals surface area contributed by atoms with Crippen LogP contribution in [0.15, 0.2) is 103 Å². The Morgan fingerprint density at radius 2 is 1.30 bits per heavy atom. The van der Waals surface area contributed by atoms with Crippen molar-refractivity contribution >= 4 is 5.97 Å². The molecular weight excluding hydrogens is 515 g/mol. The highest BCUT2D eigenvalue weighted by atomic mass is 19.4. The maximum Gasteiger partial charge on any atom is 0.416 e. The van der Waals surface area contributed by atoms with Gasteiger partial charge in [-0.1, -0.05) is 78.9 Å². The molecular formula is C33H32F3NO3.